The van der Waals surface area contributed by atoms with Crippen LogP contribution in [0.4, 0.5) is 0 Å². The molecule has 4 heteroatoms. The van der Waals surface area contributed by atoms with E-state index in [9.17, 15) is 4.79 Å². The largest absolute Gasteiger partial charge is 0.356 e. The Morgan fingerprint density at radius 1 is 0.889 bits per heavy atom. The number of carbonyl (C=O) groups excluding carboxylic acids is 1. The first-order valence-electron chi connectivity index (χ1n) is 9.01. The monoisotopic (exact) mass is 356 g/mol. The van der Waals surface area contributed by atoms with Gasteiger partial charge in [0.25, 0.3) is 0 Å². The van der Waals surface area contributed by atoms with E-state index in [2.05, 4.69) is 22.6 Å². The second kappa shape index (κ2) is 7.87. The van der Waals surface area contributed by atoms with Gasteiger partial charge in [-0.2, -0.15) is 0 Å². The summed E-state index contributed by atoms with van der Waals surface area (Å²) in [7, 11) is 0. The molecule has 27 heavy (non-hydrogen) atoms. The zero-order valence-corrected chi connectivity index (χ0v) is 14.8. The third kappa shape index (κ3) is 4.06. The average Bonchev–Trinajstić information content (AvgIpc) is 3.12. The van der Waals surface area contributed by atoms with Crippen molar-refractivity contribution in [2.75, 3.05) is 0 Å². The molecule has 1 N–H and O–H groups in total. The van der Waals surface area contributed by atoms with E-state index in [0.717, 1.165) is 17.4 Å². The van der Waals surface area contributed by atoms with Gasteiger partial charge in [0.2, 0.25) is 5.91 Å². The normalized spacial score (nSPS) is 12.0. The number of benzene rings is 3. The number of hydrogen-bond acceptors (Lipinski definition) is 3. The molecule has 3 aromatic carbocycles. The second-order valence-corrected chi connectivity index (χ2v) is 6.52. The number of para-hydroxylation sites is 1. The first-order chi connectivity index (χ1) is 13.3. The molecule has 4 rings (SSSR count). The molecular formula is C23H20N2O2. The highest BCUT2D eigenvalue weighted by Gasteiger charge is 2.18. The quantitative estimate of drug-likeness (QED) is 0.554. The van der Waals surface area contributed by atoms with Crippen LogP contribution in [0.3, 0.4) is 0 Å². The summed E-state index contributed by atoms with van der Waals surface area (Å²) in [5, 5.41) is 8.11. The Balaban J connectivity index is 1.53. The van der Waals surface area contributed by atoms with Crippen molar-refractivity contribution < 1.29 is 9.32 Å². The van der Waals surface area contributed by atoms with Gasteiger partial charge >= 0.3 is 0 Å². The van der Waals surface area contributed by atoms with Gasteiger partial charge < -0.3 is 9.84 Å². The van der Waals surface area contributed by atoms with Crippen LogP contribution in [0.1, 0.15) is 22.9 Å². The van der Waals surface area contributed by atoms with E-state index >= 15 is 0 Å². The molecule has 0 aliphatic rings. The summed E-state index contributed by atoms with van der Waals surface area (Å²) >= 11 is 0. The van der Waals surface area contributed by atoms with Crippen LogP contribution < -0.4 is 5.32 Å². The van der Waals surface area contributed by atoms with Gasteiger partial charge in [-0.05, 0) is 29.7 Å². The van der Waals surface area contributed by atoms with Crippen LogP contribution in [0, 0.1) is 0 Å². The summed E-state index contributed by atoms with van der Waals surface area (Å²) in [4.78, 5) is 12.7. The average molecular weight is 356 g/mol. The highest BCUT2D eigenvalue weighted by atomic mass is 16.5. The van der Waals surface area contributed by atoms with Crippen molar-refractivity contribution in [2.45, 2.75) is 18.9 Å². The summed E-state index contributed by atoms with van der Waals surface area (Å²) in [6.07, 6.45) is 0.922. The first-order valence-corrected chi connectivity index (χ1v) is 9.01. The molecule has 0 bridgehead atoms. The summed E-state index contributed by atoms with van der Waals surface area (Å²) in [5.41, 5.74) is 3.62. The van der Waals surface area contributed by atoms with Crippen molar-refractivity contribution in [1.29, 1.82) is 0 Å². The predicted molar refractivity (Wildman–Crippen MR) is 105 cm³/mol. The van der Waals surface area contributed by atoms with Crippen LogP contribution in [-0.4, -0.2) is 11.1 Å². The second-order valence-electron chi connectivity index (χ2n) is 6.52. The molecule has 0 aliphatic carbocycles. The van der Waals surface area contributed by atoms with Gasteiger partial charge in [-0.25, -0.2) is 0 Å². The predicted octanol–water partition coefficient (Wildman–Crippen LogP) is 4.47. The van der Waals surface area contributed by atoms with E-state index in [4.69, 9.17) is 4.52 Å². The molecule has 1 amide bonds. The summed E-state index contributed by atoms with van der Waals surface area (Å²) < 4.78 is 5.31. The van der Waals surface area contributed by atoms with E-state index in [0.29, 0.717) is 11.3 Å². The third-order valence-corrected chi connectivity index (χ3v) is 4.60. The van der Waals surface area contributed by atoms with Crippen molar-refractivity contribution in [3.8, 4) is 0 Å². The fourth-order valence-electron chi connectivity index (χ4n) is 3.25. The Labute approximate surface area is 157 Å². The summed E-state index contributed by atoms with van der Waals surface area (Å²) in [6.45, 7) is 0. The minimum absolute atomic E-state index is 0.0705. The molecule has 0 radical (unpaired) electrons. The SMILES string of the molecule is O=C(Cc1noc2ccccc12)NC(Cc1ccccc1)c1ccccc1. The molecule has 4 aromatic rings. The topological polar surface area (TPSA) is 55.1 Å². The maximum absolute atomic E-state index is 12.7. The van der Waals surface area contributed by atoms with Crippen LogP contribution in [0.2, 0.25) is 0 Å². The smallest absolute Gasteiger partial charge is 0.226 e. The Morgan fingerprint density at radius 3 is 2.33 bits per heavy atom. The summed E-state index contributed by atoms with van der Waals surface area (Å²) in [6, 6.07) is 27.7. The number of fused-ring (bicyclic) bond motifs is 1. The molecule has 1 aromatic heterocycles. The highest BCUT2D eigenvalue weighted by molar-refractivity contribution is 5.86. The number of aromatic nitrogens is 1. The molecule has 1 unspecified atom stereocenters. The molecule has 0 aliphatic heterocycles. The van der Waals surface area contributed by atoms with Gasteiger partial charge in [-0.1, -0.05) is 78.0 Å². The zero-order valence-electron chi connectivity index (χ0n) is 14.8. The lowest BCUT2D eigenvalue weighted by Crippen LogP contribution is -2.31. The van der Waals surface area contributed by atoms with Crippen LogP contribution in [0.15, 0.2) is 89.5 Å². The number of amides is 1. The molecule has 0 fully saturated rings. The molecule has 0 saturated heterocycles. The van der Waals surface area contributed by atoms with Crippen molar-refractivity contribution in [3.05, 3.63) is 102 Å². The van der Waals surface area contributed by atoms with E-state index in [-0.39, 0.29) is 18.4 Å². The summed E-state index contributed by atoms with van der Waals surface area (Å²) in [5.74, 6) is -0.0705. The van der Waals surface area contributed by atoms with Gasteiger partial charge in [-0.3, -0.25) is 4.79 Å². The fraction of sp³-hybridized carbons (Fsp3) is 0.130. The minimum Gasteiger partial charge on any atom is -0.356 e. The number of carbonyl (C=O) groups is 1. The molecule has 0 spiro atoms. The number of hydrogen-bond donors (Lipinski definition) is 1. The van der Waals surface area contributed by atoms with Crippen molar-refractivity contribution in [1.82, 2.24) is 10.5 Å². The molecule has 0 saturated carbocycles. The number of nitrogens with one attached hydrogen (secondary N) is 1. The third-order valence-electron chi connectivity index (χ3n) is 4.60. The van der Waals surface area contributed by atoms with Crippen molar-refractivity contribution in [2.24, 2.45) is 0 Å². The Bertz CT molecular complexity index is 1030. The Kier molecular flexibility index (Phi) is 4.97. The Morgan fingerprint density at radius 2 is 1.56 bits per heavy atom. The van der Waals surface area contributed by atoms with Crippen LogP contribution >= 0.6 is 0 Å². The van der Waals surface area contributed by atoms with Gasteiger partial charge in [0.1, 0.15) is 5.69 Å². The van der Waals surface area contributed by atoms with Gasteiger partial charge in [0.15, 0.2) is 5.58 Å². The highest BCUT2D eigenvalue weighted by Crippen LogP contribution is 2.21. The van der Waals surface area contributed by atoms with Crippen molar-refractivity contribution in [3.63, 3.8) is 0 Å². The number of rotatable bonds is 6. The molecule has 1 heterocycles. The van der Waals surface area contributed by atoms with Crippen LogP contribution in [0.5, 0.6) is 0 Å². The standard InChI is InChI=1S/C23H20N2O2/c26-23(16-21-19-13-7-8-14-22(19)27-25-21)24-20(18-11-5-2-6-12-18)15-17-9-3-1-4-10-17/h1-14,20H,15-16H2,(H,24,26). The first kappa shape index (κ1) is 17.0. The lowest BCUT2D eigenvalue weighted by molar-refractivity contribution is -0.121. The van der Waals surface area contributed by atoms with Crippen LogP contribution in [-0.2, 0) is 17.6 Å². The molecular weight excluding hydrogens is 336 g/mol. The van der Waals surface area contributed by atoms with E-state index in [1.807, 2.05) is 72.8 Å². The van der Waals surface area contributed by atoms with Gasteiger partial charge in [0, 0.05) is 5.39 Å². The number of nitrogens with zero attached hydrogens (tertiary/aromatic N) is 1. The van der Waals surface area contributed by atoms with Crippen LogP contribution in [0.25, 0.3) is 11.0 Å². The van der Waals surface area contributed by atoms with Gasteiger partial charge in [-0.15, -0.1) is 0 Å². The van der Waals surface area contributed by atoms with Crippen molar-refractivity contribution >= 4 is 16.9 Å². The lowest BCUT2D eigenvalue weighted by Gasteiger charge is -2.19. The van der Waals surface area contributed by atoms with Gasteiger partial charge in [0.05, 0.1) is 12.5 Å². The van der Waals surface area contributed by atoms with E-state index < -0.39 is 0 Å². The van der Waals surface area contributed by atoms with E-state index in [1.54, 1.807) is 0 Å². The lowest BCUT2D eigenvalue weighted by atomic mass is 9.98. The molecule has 1 atom stereocenters. The van der Waals surface area contributed by atoms with E-state index in [1.165, 1.54) is 5.56 Å². The maximum Gasteiger partial charge on any atom is 0.226 e. The minimum atomic E-state index is -0.0979. The Hall–Kier alpha value is -3.40. The molecule has 134 valence electrons. The fourth-order valence-corrected chi connectivity index (χ4v) is 3.25. The molecule has 4 nitrogen and oxygen atoms in total. The maximum atomic E-state index is 12.7. The zero-order chi connectivity index (χ0) is 18.5.